The van der Waals surface area contributed by atoms with Crippen molar-refractivity contribution in [2.24, 2.45) is 0 Å². The van der Waals surface area contributed by atoms with Crippen molar-refractivity contribution in [2.75, 3.05) is 6.61 Å². The molecule has 0 saturated carbocycles. The van der Waals surface area contributed by atoms with Crippen LogP contribution in [0.15, 0.2) is 6.20 Å². The van der Waals surface area contributed by atoms with Crippen LogP contribution in [0.3, 0.4) is 0 Å². The van der Waals surface area contributed by atoms with Crippen LogP contribution in [-0.4, -0.2) is 11.6 Å². The Balaban J connectivity index is 2.53. The molecule has 0 bridgehead atoms. The second kappa shape index (κ2) is 3.60. The van der Waals surface area contributed by atoms with E-state index in [4.69, 9.17) is 4.74 Å². The number of hydrogen-bond donors (Lipinski definition) is 0. The molecule has 0 fully saturated rings. The zero-order valence-corrected chi connectivity index (χ0v) is 9.13. The summed E-state index contributed by atoms with van der Waals surface area (Å²) in [7, 11) is 0. The highest BCUT2D eigenvalue weighted by molar-refractivity contribution is 5.46. The molecule has 0 radical (unpaired) electrons. The Morgan fingerprint density at radius 3 is 2.93 bits per heavy atom. The van der Waals surface area contributed by atoms with Gasteiger partial charge in [-0.15, -0.1) is 0 Å². The zero-order chi connectivity index (χ0) is 10.1. The second-order valence-electron chi connectivity index (χ2n) is 4.08. The number of hydrogen-bond acceptors (Lipinski definition) is 2. The van der Waals surface area contributed by atoms with Crippen LogP contribution in [0.5, 0.6) is 5.75 Å². The third-order valence-corrected chi connectivity index (χ3v) is 2.78. The minimum absolute atomic E-state index is 0.452. The first-order valence-electron chi connectivity index (χ1n) is 5.37. The van der Waals surface area contributed by atoms with Crippen molar-refractivity contribution < 1.29 is 4.74 Å². The lowest BCUT2D eigenvalue weighted by Crippen LogP contribution is -1.99. The summed E-state index contributed by atoms with van der Waals surface area (Å²) in [6, 6.07) is 0. The van der Waals surface area contributed by atoms with Gasteiger partial charge in [-0.3, -0.25) is 4.98 Å². The first-order valence-corrected chi connectivity index (χ1v) is 5.37. The molecule has 1 aromatic rings. The summed E-state index contributed by atoms with van der Waals surface area (Å²) in [6.45, 7) is 7.32. The van der Waals surface area contributed by atoms with Crippen LogP contribution in [0.1, 0.15) is 43.5 Å². The van der Waals surface area contributed by atoms with Crippen LogP contribution in [0.2, 0.25) is 0 Å². The van der Waals surface area contributed by atoms with Gasteiger partial charge in [0.2, 0.25) is 0 Å². The van der Waals surface area contributed by atoms with Crippen LogP contribution in [0.25, 0.3) is 0 Å². The molecule has 0 N–H and O–H groups in total. The van der Waals surface area contributed by atoms with Gasteiger partial charge in [0.25, 0.3) is 0 Å². The molecular formula is C12H17NO. The Morgan fingerprint density at radius 1 is 1.50 bits per heavy atom. The highest BCUT2D eigenvalue weighted by Gasteiger charge is 2.21. The minimum Gasteiger partial charge on any atom is -0.491 e. The van der Waals surface area contributed by atoms with Gasteiger partial charge in [0.1, 0.15) is 5.75 Å². The van der Waals surface area contributed by atoms with Crippen LogP contribution in [-0.2, 0) is 12.8 Å². The van der Waals surface area contributed by atoms with Gasteiger partial charge in [-0.2, -0.15) is 0 Å². The Labute approximate surface area is 85.3 Å². The topological polar surface area (TPSA) is 22.1 Å². The molecule has 1 aliphatic rings. The smallest absolute Gasteiger partial charge is 0.144 e. The number of pyridine rings is 1. The fourth-order valence-corrected chi connectivity index (χ4v) is 1.99. The maximum absolute atomic E-state index is 5.67. The monoisotopic (exact) mass is 191 g/mol. The van der Waals surface area contributed by atoms with Crippen molar-refractivity contribution in [2.45, 2.75) is 39.5 Å². The van der Waals surface area contributed by atoms with E-state index >= 15 is 0 Å². The summed E-state index contributed by atoms with van der Waals surface area (Å²) in [6.07, 6.45) is 4.13. The van der Waals surface area contributed by atoms with E-state index in [9.17, 15) is 0 Å². The lowest BCUT2D eigenvalue weighted by Gasteiger charge is -2.12. The number of fused-ring (bicyclic) bond motifs is 1. The molecule has 1 aromatic heterocycles. The largest absolute Gasteiger partial charge is 0.491 e. The SMILES string of the molecule is CCc1cnc(C(C)C)c2c1CCO2. The van der Waals surface area contributed by atoms with E-state index in [0.29, 0.717) is 5.92 Å². The van der Waals surface area contributed by atoms with Gasteiger partial charge >= 0.3 is 0 Å². The fourth-order valence-electron chi connectivity index (χ4n) is 1.99. The van der Waals surface area contributed by atoms with Crippen molar-refractivity contribution in [1.82, 2.24) is 4.98 Å². The summed E-state index contributed by atoms with van der Waals surface area (Å²) >= 11 is 0. The maximum Gasteiger partial charge on any atom is 0.144 e. The van der Waals surface area contributed by atoms with E-state index in [1.807, 2.05) is 6.20 Å². The molecular weight excluding hydrogens is 174 g/mol. The first kappa shape index (κ1) is 9.50. The summed E-state index contributed by atoms with van der Waals surface area (Å²) in [5.74, 6) is 1.52. The van der Waals surface area contributed by atoms with Gasteiger partial charge < -0.3 is 4.74 Å². The van der Waals surface area contributed by atoms with E-state index in [0.717, 1.165) is 30.9 Å². The molecule has 2 heterocycles. The minimum atomic E-state index is 0.452. The summed E-state index contributed by atoms with van der Waals surface area (Å²) in [5, 5.41) is 0. The standard InChI is InChI=1S/C12H17NO/c1-4-9-7-13-11(8(2)3)12-10(9)5-6-14-12/h7-8H,4-6H2,1-3H3. The summed E-state index contributed by atoms with van der Waals surface area (Å²) in [5.41, 5.74) is 3.86. The Kier molecular flexibility index (Phi) is 2.44. The van der Waals surface area contributed by atoms with Gasteiger partial charge in [0, 0.05) is 18.2 Å². The highest BCUT2D eigenvalue weighted by atomic mass is 16.5. The molecule has 0 aliphatic carbocycles. The van der Waals surface area contributed by atoms with Crippen molar-refractivity contribution in [3.8, 4) is 5.75 Å². The first-order chi connectivity index (χ1) is 6.74. The number of nitrogens with zero attached hydrogens (tertiary/aromatic N) is 1. The lowest BCUT2D eigenvalue weighted by atomic mass is 10.0. The third-order valence-electron chi connectivity index (χ3n) is 2.78. The van der Waals surface area contributed by atoms with Gasteiger partial charge in [0.15, 0.2) is 0 Å². The van der Waals surface area contributed by atoms with Crippen LogP contribution < -0.4 is 4.74 Å². The lowest BCUT2D eigenvalue weighted by molar-refractivity contribution is 0.350. The number of ether oxygens (including phenoxy) is 1. The van der Waals surface area contributed by atoms with Crippen LogP contribution in [0, 0.1) is 0 Å². The molecule has 0 spiro atoms. The van der Waals surface area contributed by atoms with E-state index in [-0.39, 0.29) is 0 Å². The third kappa shape index (κ3) is 1.39. The summed E-state index contributed by atoms with van der Waals surface area (Å²) < 4.78 is 5.67. The van der Waals surface area contributed by atoms with Crippen molar-refractivity contribution >= 4 is 0 Å². The Morgan fingerprint density at radius 2 is 2.29 bits per heavy atom. The predicted molar refractivity (Wildman–Crippen MR) is 56.9 cm³/mol. The quantitative estimate of drug-likeness (QED) is 0.717. The highest BCUT2D eigenvalue weighted by Crippen LogP contribution is 2.34. The maximum atomic E-state index is 5.67. The molecule has 0 amide bonds. The Hall–Kier alpha value is -1.05. The molecule has 14 heavy (non-hydrogen) atoms. The van der Waals surface area contributed by atoms with E-state index in [1.165, 1.54) is 11.1 Å². The molecule has 0 aromatic carbocycles. The van der Waals surface area contributed by atoms with Gasteiger partial charge in [-0.05, 0) is 17.9 Å². The molecule has 76 valence electrons. The van der Waals surface area contributed by atoms with E-state index < -0.39 is 0 Å². The fraction of sp³-hybridized carbons (Fsp3) is 0.583. The zero-order valence-electron chi connectivity index (χ0n) is 9.13. The number of aromatic nitrogens is 1. The van der Waals surface area contributed by atoms with Crippen molar-refractivity contribution in [1.29, 1.82) is 0 Å². The predicted octanol–water partition coefficient (Wildman–Crippen LogP) is 2.70. The number of aryl methyl sites for hydroxylation is 1. The number of rotatable bonds is 2. The van der Waals surface area contributed by atoms with Crippen LogP contribution >= 0.6 is 0 Å². The van der Waals surface area contributed by atoms with E-state index in [1.54, 1.807) is 0 Å². The van der Waals surface area contributed by atoms with Crippen molar-refractivity contribution in [3.05, 3.63) is 23.0 Å². The Bertz CT molecular complexity index is 344. The van der Waals surface area contributed by atoms with Crippen LogP contribution in [0.4, 0.5) is 0 Å². The molecule has 0 unspecified atom stereocenters. The van der Waals surface area contributed by atoms with Crippen molar-refractivity contribution in [3.63, 3.8) is 0 Å². The average molecular weight is 191 g/mol. The van der Waals surface area contributed by atoms with Gasteiger partial charge in [-0.25, -0.2) is 0 Å². The molecule has 0 atom stereocenters. The molecule has 2 nitrogen and oxygen atoms in total. The second-order valence-corrected chi connectivity index (χ2v) is 4.08. The molecule has 2 heteroatoms. The molecule has 1 aliphatic heterocycles. The molecule has 0 saturated heterocycles. The van der Waals surface area contributed by atoms with Gasteiger partial charge in [-0.1, -0.05) is 20.8 Å². The normalized spacial score (nSPS) is 14.3. The molecule has 2 rings (SSSR count). The van der Waals surface area contributed by atoms with Gasteiger partial charge in [0.05, 0.1) is 12.3 Å². The average Bonchev–Trinajstić information content (AvgIpc) is 2.64. The summed E-state index contributed by atoms with van der Waals surface area (Å²) in [4.78, 5) is 4.50. The van der Waals surface area contributed by atoms with E-state index in [2.05, 4.69) is 25.8 Å².